The van der Waals surface area contributed by atoms with E-state index in [1.54, 1.807) is 22.5 Å². The molecule has 29 heavy (non-hydrogen) atoms. The van der Waals surface area contributed by atoms with Gasteiger partial charge in [-0.1, -0.05) is 12.8 Å². The summed E-state index contributed by atoms with van der Waals surface area (Å²) in [5.74, 6) is 2.42. The summed E-state index contributed by atoms with van der Waals surface area (Å²) in [5, 5.41) is 2.95. The highest BCUT2D eigenvalue weighted by Gasteiger charge is 2.40. The van der Waals surface area contributed by atoms with Gasteiger partial charge in [0.2, 0.25) is 15.9 Å². The fourth-order valence-corrected chi connectivity index (χ4v) is 6.91. The Hall–Kier alpha value is -1.60. The lowest BCUT2D eigenvalue weighted by Gasteiger charge is -2.26. The fourth-order valence-electron chi connectivity index (χ4n) is 5.37. The molecule has 1 aromatic rings. The first kappa shape index (κ1) is 20.7. The molecule has 1 heterocycles. The number of nitrogens with one attached hydrogen (secondary N) is 1. The van der Waals surface area contributed by atoms with Crippen LogP contribution in [0.1, 0.15) is 58.3 Å². The molecular formula is C22H32N2O4S. The smallest absolute Gasteiger partial charge is 0.243 e. The molecule has 7 heteroatoms. The molecule has 1 aromatic carbocycles. The molecule has 3 aliphatic rings. The molecule has 2 aliphatic carbocycles. The van der Waals surface area contributed by atoms with Crippen LogP contribution in [0, 0.1) is 17.8 Å². The van der Waals surface area contributed by atoms with Gasteiger partial charge in [0, 0.05) is 19.5 Å². The fraction of sp³-hybridized carbons (Fsp3) is 0.682. The van der Waals surface area contributed by atoms with Gasteiger partial charge in [-0.3, -0.25) is 4.79 Å². The lowest BCUT2D eigenvalue weighted by atomic mass is 9.86. The zero-order chi connectivity index (χ0) is 20.4. The summed E-state index contributed by atoms with van der Waals surface area (Å²) in [6.07, 6.45) is 8.35. The third kappa shape index (κ3) is 4.45. The lowest BCUT2D eigenvalue weighted by Crippen LogP contribution is -2.35. The molecule has 0 unspecified atom stereocenters. The van der Waals surface area contributed by atoms with Crippen molar-refractivity contribution in [3.8, 4) is 5.75 Å². The van der Waals surface area contributed by atoms with Crippen LogP contribution in [0.15, 0.2) is 23.1 Å². The number of fused-ring (bicyclic) bond motifs is 2. The van der Waals surface area contributed by atoms with Crippen molar-refractivity contribution in [3.05, 3.63) is 18.2 Å². The highest BCUT2D eigenvalue weighted by atomic mass is 32.2. The average Bonchev–Trinajstić information content (AvgIpc) is 3.33. The number of hydrogen-bond donors (Lipinski definition) is 1. The van der Waals surface area contributed by atoms with Crippen LogP contribution < -0.4 is 10.1 Å². The first-order valence-corrected chi connectivity index (χ1v) is 12.5. The number of rotatable bonds is 7. The standard InChI is InChI=1S/C22H32N2O4S/c1-2-28-21-9-8-19(29(26,27)24-10-4-3-5-11-24)15-20(21)23-22(25)14-18-13-16-6-7-17(18)12-16/h8-9,15-18H,2-7,10-14H2,1H3,(H,23,25)/t16-,17+,18-/m0/s1. The van der Waals surface area contributed by atoms with Gasteiger partial charge in [-0.05, 0) is 75.0 Å². The average molecular weight is 421 g/mol. The quantitative estimate of drug-likeness (QED) is 0.723. The van der Waals surface area contributed by atoms with Crippen LogP contribution in [0.25, 0.3) is 0 Å². The Morgan fingerprint density at radius 3 is 2.62 bits per heavy atom. The third-order valence-electron chi connectivity index (χ3n) is 6.81. The summed E-state index contributed by atoms with van der Waals surface area (Å²) in [7, 11) is -3.55. The van der Waals surface area contributed by atoms with Gasteiger partial charge in [-0.2, -0.15) is 4.31 Å². The normalized spacial score (nSPS) is 27.1. The summed E-state index contributed by atoms with van der Waals surface area (Å²) in [6, 6.07) is 4.81. The Balaban J connectivity index is 1.51. The van der Waals surface area contributed by atoms with Crippen molar-refractivity contribution < 1.29 is 17.9 Å². The highest BCUT2D eigenvalue weighted by Crippen LogP contribution is 2.49. The summed E-state index contributed by atoms with van der Waals surface area (Å²) in [5.41, 5.74) is 0.457. The van der Waals surface area contributed by atoms with E-state index in [0.717, 1.165) is 31.6 Å². The first-order chi connectivity index (χ1) is 14.0. The van der Waals surface area contributed by atoms with E-state index in [1.165, 1.54) is 19.3 Å². The van der Waals surface area contributed by atoms with Crippen LogP contribution in [0.2, 0.25) is 0 Å². The largest absolute Gasteiger partial charge is 0.492 e. The number of carbonyl (C=O) groups is 1. The Labute approximate surface area is 174 Å². The molecule has 3 atom stereocenters. The van der Waals surface area contributed by atoms with Crippen molar-refractivity contribution in [2.24, 2.45) is 17.8 Å². The maximum Gasteiger partial charge on any atom is 0.243 e. The van der Waals surface area contributed by atoms with Crippen LogP contribution in [0.5, 0.6) is 5.75 Å². The van der Waals surface area contributed by atoms with E-state index >= 15 is 0 Å². The molecule has 2 bridgehead atoms. The van der Waals surface area contributed by atoms with E-state index in [1.807, 2.05) is 6.92 Å². The molecule has 1 amide bonds. The van der Waals surface area contributed by atoms with Crippen molar-refractivity contribution in [1.29, 1.82) is 0 Å². The molecule has 1 aliphatic heterocycles. The number of piperidine rings is 1. The second-order valence-corrected chi connectivity index (χ2v) is 10.7. The topological polar surface area (TPSA) is 75.7 Å². The van der Waals surface area contributed by atoms with Gasteiger partial charge in [0.05, 0.1) is 17.2 Å². The minimum Gasteiger partial charge on any atom is -0.492 e. The molecule has 2 saturated carbocycles. The molecule has 3 fully saturated rings. The van der Waals surface area contributed by atoms with Crippen LogP contribution >= 0.6 is 0 Å². The summed E-state index contributed by atoms with van der Waals surface area (Å²) in [4.78, 5) is 13.0. The van der Waals surface area contributed by atoms with Crippen molar-refractivity contribution in [2.75, 3.05) is 25.0 Å². The number of ether oxygens (including phenoxy) is 1. The summed E-state index contributed by atoms with van der Waals surface area (Å²) in [6.45, 7) is 3.44. The zero-order valence-electron chi connectivity index (χ0n) is 17.2. The molecule has 1 saturated heterocycles. The molecule has 160 valence electrons. The number of amides is 1. The van der Waals surface area contributed by atoms with Gasteiger partial charge in [0.1, 0.15) is 5.75 Å². The lowest BCUT2D eigenvalue weighted by molar-refractivity contribution is -0.117. The summed E-state index contributed by atoms with van der Waals surface area (Å²) >= 11 is 0. The molecule has 6 nitrogen and oxygen atoms in total. The van der Waals surface area contributed by atoms with Gasteiger partial charge in [-0.15, -0.1) is 0 Å². The molecule has 0 aromatic heterocycles. The SMILES string of the molecule is CCOc1ccc(S(=O)(=O)N2CCCCC2)cc1NC(=O)C[C@@H]1C[C@H]2CC[C@@H]1C2. The second-order valence-electron chi connectivity index (χ2n) is 8.74. The Morgan fingerprint density at radius 2 is 1.97 bits per heavy atom. The molecule has 1 N–H and O–H groups in total. The van der Waals surface area contributed by atoms with E-state index < -0.39 is 10.0 Å². The van der Waals surface area contributed by atoms with Gasteiger partial charge < -0.3 is 10.1 Å². The summed E-state index contributed by atoms with van der Waals surface area (Å²) < 4.78 is 33.3. The Bertz CT molecular complexity index is 848. The molecular weight excluding hydrogens is 388 g/mol. The van der Waals surface area contributed by atoms with Crippen LogP contribution in [-0.2, 0) is 14.8 Å². The molecule has 4 rings (SSSR count). The van der Waals surface area contributed by atoms with Gasteiger partial charge in [0.15, 0.2) is 0 Å². The van der Waals surface area contributed by atoms with E-state index in [-0.39, 0.29) is 10.8 Å². The maximum atomic E-state index is 13.0. The third-order valence-corrected chi connectivity index (χ3v) is 8.70. The van der Waals surface area contributed by atoms with Gasteiger partial charge in [-0.25, -0.2) is 8.42 Å². The molecule has 0 spiro atoms. The van der Waals surface area contributed by atoms with Crippen molar-refractivity contribution in [1.82, 2.24) is 4.31 Å². The number of carbonyl (C=O) groups excluding carboxylic acids is 1. The Morgan fingerprint density at radius 1 is 1.17 bits per heavy atom. The minimum absolute atomic E-state index is 0.0453. The number of benzene rings is 1. The predicted molar refractivity (Wildman–Crippen MR) is 112 cm³/mol. The Kier molecular flexibility index (Phi) is 6.16. The van der Waals surface area contributed by atoms with Crippen molar-refractivity contribution in [3.63, 3.8) is 0 Å². The van der Waals surface area contributed by atoms with E-state index in [2.05, 4.69) is 5.32 Å². The van der Waals surface area contributed by atoms with Crippen LogP contribution in [0.3, 0.4) is 0 Å². The van der Waals surface area contributed by atoms with Crippen LogP contribution in [0.4, 0.5) is 5.69 Å². The van der Waals surface area contributed by atoms with E-state index in [0.29, 0.717) is 49.4 Å². The van der Waals surface area contributed by atoms with Crippen molar-refractivity contribution in [2.45, 2.75) is 63.2 Å². The van der Waals surface area contributed by atoms with Gasteiger partial charge in [0.25, 0.3) is 0 Å². The second kappa shape index (κ2) is 8.64. The predicted octanol–water partition coefficient (Wildman–Crippen LogP) is 4.02. The number of anilines is 1. The highest BCUT2D eigenvalue weighted by molar-refractivity contribution is 7.89. The van der Waals surface area contributed by atoms with E-state index in [9.17, 15) is 13.2 Å². The van der Waals surface area contributed by atoms with E-state index in [4.69, 9.17) is 4.74 Å². The minimum atomic E-state index is -3.55. The number of hydrogen-bond acceptors (Lipinski definition) is 4. The monoisotopic (exact) mass is 420 g/mol. The number of nitrogens with zero attached hydrogens (tertiary/aromatic N) is 1. The van der Waals surface area contributed by atoms with Crippen molar-refractivity contribution >= 4 is 21.6 Å². The molecule has 0 radical (unpaired) electrons. The van der Waals surface area contributed by atoms with Gasteiger partial charge >= 0.3 is 0 Å². The first-order valence-electron chi connectivity index (χ1n) is 11.0. The maximum absolute atomic E-state index is 13.0. The van der Waals surface area contributed by atoms with Crippen LogP contribution in [-0.4, -0.2) is 38.3 Å². The zero-order valence-corrected chi connectivity index (χ0v) is 18.0. The number of sulfonamides is 1.